The zero-order valence-electron chi connectivity index (χ0n) is 19.8. The van der Waals surface area contributed by atoms with E-state index in [1.54, 1.807) is 0 Å². The third-order valence-electron chi connectivity index (χ3n) is 6.88. The van der Waals surface area contributed by atoms with Gasteiger partial charge in [-0.2, -0.15) is 0 Å². The van der Waals surface area contributed by atoms with E-state index in [0.717, 1.165) is 61.9 Å². The fourth-order valence-corrected chi connectivity index (χ4v) is 5.06. The molecule has 36 heavy (non-hydrogen) atoms. The summed E-state index contributed by atoms with van der Waals surface area (Å²) in [4.78, 5) is 19.7. The SMILES string of the molecule is CCc1cccc2ccc3ccc(-c4cccc(-c5ccc6ccc7cccnc7c6n5)n4)nc3c12. The van der Waals surface area contributed by atoms with Crippen molar-refractivity contribution in [1.29, 1.82) is 0 Å². The standard InChI is InChI=1S/C32H22N4/c1-2-20-6-3-7-21-11-12-23-15-17-27(35-30(23)29(20)21)25-9-4-10-26(34-25)28-18-16-24-14-13-22-8-5-19-33-31(22)32(24)36-28/h3-19H,2H2,1H3. The van der Waals surface area contributed by atoms with Gasteiger partial charge in [-0.15, -0.1) is 0 Å². The Bertz CT molecular complexity index is 1940. The van der Waals surface area contributed by atoms with Crippen LogP contribution in [0.2, 0.25) is 0 Å². The Morgan fingerprint density at radius 1 is 0.472 bits per heavy atom. The van der Waals surface area contributed by atoms with E-state index in [4.69, 9.17) is 15.0 Å². The van der Waals surface area contributed by atoms with Crippen LogP contribution in [0.1, 0.15) is 12.5 Å². The van der Waals surface area contributed by atoms with Crippen LogP contribution in [0.3, 0.4) is 0 Å². The monoisotopic (exact) mass is 462 g/mol. The van der Waals surface area contributed by atoms with Crippen molar-refractivity contribution in [3.8, 4) is 22.8 Å². The maximum absolute atomic E-state index is 5.11. The van der Waals surface area contributed by atoms with Crippen LogP contribution in [-0.4, -0.2) is 19.9 Å². The summed E-state index contributed by atoms with van der Waals surface area (Å²) in [7, 11) is 0. The summed E-state index contributed by atoms with van der Waals surface area (Å²) in [6, 6.07) is 33.4. The average molecular weight is 463 g/mol. The van der Waals surface area contributed by atoms with Crippen LogP contribution >= 0.6 is 0 Å². The van der Waals surface area contributed by atoms with Crippen molar-refractivity contribution < 1.29 is 0 Å². The Hall–Kier alpha value is -4.70. The number of nitrogens with zero attached hydrogens (tertiary/aromatic N) is 4. The fraction of sp³-hybridized carbons (Fsp3) is 0.0625. The second-order valence-electron chi connectivity index (χ2n) is 9.02. The molecule has 4 heterocycles. The molecule has 3 aromatic carbocycles. The molecule has 0 spiro atoms. The first-order valence-electron chi connectivity index (χ1n) is 12.2. The molecular weight excluding hydrogens is 440 g/mol. The molecule has 0 aliphatic rings. The van der Waals surface area contributed by atoms with E-state index in [-0.39, 0.29) is 0 Å². The molecular formula is C32H22N4. The summed E-state index contributed by atoms with van der Waals surface area (Å²) in [6.45, 7) is 2.19. The van der Waals surface area contributed by atoms with Crippen LogP contribution in [0.15, 0.2) is 103 Å². The lowest BCUT2D eigenvalue weighted by molar-refractivity contribution is 1.16. The van der Waals surface area contributed by atoms with Crippen molar-refractivity contribution in [2.75, 3.05) is 0 Å². The van der Waals surface area contributed by atoms with E-state index in [9.17, 15) is 0 Å². The molecule has 0 unspecified atom stereocenters. The van der Waals surface area contributed by atoms with Crippen molar-refractivity contribution in [3.63, 3.8) is 0 Å². The second kappa shape index (κ2) is 8.21. The van der Waals surface area contributed by atoms with Crippen molar-refractivity contribution >= 4 is 43.5 Å². The van der Waals surface area contributed by atoms with Gasteiger partial charge >= 0.3 is 0 Å². The van der Waals surface area contributed by atoms with Gasteiger partial charge in [-0.1, -0.05) is 73.7 Å². The zero-order chi connectivity index (χ0) is 24.1. The molecule has 4 aromatic heterocycles. The predicted octanol–water partition coefficient (Wildman–Crippen LogP) is 7.78. The zero-order valence-corrected chi connectivity index (χ0v) is 19.8. The molecule has 0 radical (unpaired) electrons. The van der Waals surface area contributed by atoms with Crippen LogP contribution < -0.4 is 0 Å². The Labute approximate surface area is 208 Å². The second-order valence-corrected chi connectivity index (χ2v) is 9.02. The lowest BCUT2D eigenvalue weighted by Crippen LogP contribution is -1.94. The molecule has 0 aliphatic carbocycles. The number of hydrogen-bond donors (Lipinski definition) is 0. The number of aromatic nitrogens is 4. The first-order chi connectivity index (χ1) is 17.8. The van der Waals surface area contributed by atoms with Crippen molar-refractivity contribution in [2.24, 2.45) is 0 Å². The smallest absolute Gasteiger partial charge is 0.0972 e. The summed E-state index contributed by atoms with van der Waals surface area (Å²) >= 11 is 0. The van der Waals surface area contributed by atoms with E-state index in [0.29, 0.717) is 0 Å². The van der Waals surface area contributed by atoms with Crippen LogP contribution in [0.25, 0.3) is 66.3 Å². The molecule has 7 rings (SSSR count). The van der Waals surface area contributed by atoms with Crippen LogP contribution in [0.5, 0.6) is 0 Å². The number of fused-ring (bicyclic) bond motifs is 6. The highest BCUT2D eigenvalue weighted by Crippen LogP contribution is 2.31. The highest BCUT2D eigenvalue weighted by molar-refractivity contribution is 6.07. The molecule has 4 nitrogen and oxygen atoms in total. The summed E-state index contributed by atoms with van der Waals surface area (Å²) in [6.07, 6.45) is 2.78. The van der Waals surface area contributed by atoms with E-state index < -0.39 is 0 Å². The molecule has 170 valence electrons. The summed E-state index contributed by atoms with van der Waals surface area (Å²) in [5, 5.41) is 5.73. The molecule has 0 atom stereocenters. The quantitative estimate of drug-likeness (QED) is 0.252. The predicted molar refractivity (Wildman–Crippen MR) is 148 cm³/mol. The minimum Gasteiger partial charge on any atom is -0.254 e. The normalized spacial score (nSPS) is 11.6. The van der Waals surface area contributed by atoms with Gasteiger partial charge in [-0.3, -0.25) is 4.98 Å². The first-order valence-corrected chi connectivity index (χ1v) is 12.2. The van der Waals surface area contributed by atoms with Gasteiger partial charge in [0.15, 0.2) is 0 Å². The molecule has 0 bridgehead atoms. The van der Waals surface area contributed by atoms with Crippen molar-refractivity contribution in [3.05, 3.63) is 109 Å². The molecule has 7 aromatic rings. The van der Waals surface area contributed by atoms with Gasteiger partial charge in [0.1, 0.15) is 0 Å². The van der Waals surface area contributed by atoms with Gasteiger partial charge in [0, 0.05) is 27.7 Å². The molecule has 0 amide bonds. The van der Waals surface area contributed by atoms with Gasteiger partial charge in [-0.25, -0.2) is 15.0 Å². The van der Waals surface area contributed by atoms with Crippen molar-refractivity contribution in [2.45, 2.75) is 13.3 Å². The lowest BCUT2D eigenvalue weighted by Gasteiger charge is -2.10. The van der Waals surface area contributed by atoms with E-state index >= 15 is 0 Å². The summed E-state index contributed by atoms with van der Waals surface area (Å²) in [5.74, 6) is 0. The van der Waals surface area contributed by atoms with Crippen LogP contribution in [-0.2, 0) is 6.42 Å². The molecule has 0 aliphatic heterocycles. The van der Waals surface area contributed by atoms with Gasteiger partial charge in [0.25, 0.3) is 0 Å². The molecule has 0 saturated carbocycles. The number of pyridine rings is 4. The molecule has 0 N–H and O–H groups in total. The minimum absolute atomic E-state index is 0.816. The number of rotatable bonds is 3. The number of hydrogen-bond acceptors (Lipinski definition) is 4. The maximum Gasteiger partial charge on any atom is 0.0972 e. The van der Waals surface area contributed by atoms with Gasteiger partial charge < -0.3 is 0 Å². The van der Waals surface area contributed by atoms with Crippen LogP contribution in [0, 0.1) is 0 Å². The van der Waals surface area contributed by atoms with E-state index in [1.165, 1.54) is 16.3 Å². The third-order valence-corrected chi connectivity index (χ3v) is 6.88. The summed E-state index contributed by atoms with van der Waals surface area (Å²) in [5.41, 5.74) is 7.46. The Kier molecular flexibility index (Phi) is 4.71. The minimum atomic E-state index is 0.816. The number of aryl methyl sites for hydroxylation is 1. The largest absolute Gasteiger partial charge is 0.254 e. The maximum atomic E-state index is 5.11. The number of benzene rings is 3. The Morgan fingerprint density at radius 3 is 1.78 bits per heavy atom. The van der Waals surface area contributed by atoms with Crippen molar-refractivity contribution in [1.82, 2.24) is 19.9 Å². The highest BCUT2D eigenvalue weighted by atomic mass is 14.8. The highest BCUT2D eigenvalue weighted by Gasteiger charge is 2.11. The van der Waals surface area contributed by atoms with Gasteiger partial charge in [0.2, 0.25) is 0 Å². The lowest BCUT2D eigenvalue weighted by atomic mass is 9.99. The fourth-order valence-electron chi connectivity index (χ4n) is 5.06. The molecule has 0 saturated heterocycles. The summed E-state index contributed by atoms with van der Waals surface area (Å²) < 4.78 is 0. The van der Waals surface area contributed by atoms with E-state index in [1.807, 2.05) is 36.5 Å². The van der Waals surface area contributed by atoms with Gasteiger partial charge in [-0.05, 0) is 47.7 Å². The molecule has 4 heteroatoms. The third kappa shape index (κ3) is 3.30. The molecule has 0 fully saturated rings. The topological polar surface area (TPSA) is 51.6 Å². The first kappa shape index (κ1) is 20.7. The Balaban J connectivity index is 1.38. The van der Waals surface area contributed by atoms with Gasteiger partial charge in [0.05, 0.1) is 39.3 Å². The van der Waals surface area contributed by atoms with E-state index in [2.05, 4.69) is 78.6 Å². The Morgan fingerprint density at radius 2 is 1.03 bits per heavy atom. The van der Waals surface area contributed by atoms with Crippen LogP contribution in [0.4, 0.5) is 0 Å². The average Bonchev–Trinajstić information content (AvgIpc) is 2.96.